The van der Waals surface area contributed by atoms with Gasteiger partial charge >= 0.3 is 0 Å². The number of aliphatic hydroxyl groups is 1. The van der Waals surface area contributed by atoms with Gasteiger partial charge in [0.15, 0.2) is 0 Å². The number of benzene rings is 1. The van der Waals surface area contributed by atoms with E-state index in [4.69, 9.17) is 0 Å². The van der Waals surface area contributed by atoms with Crippen LogP contribution in [-0.2, 0) is 10.0 Å². The molecule has 0 radical (unpaired) electrons. The third-order valence-corrected chi connectivity index (χ3v) is 4.80. The van der Waals surface area contributed by atoms with Crippen LogP contribution in [-0.4, -0.2) is 37.0 Å². The third kappa shape index (κ3) is 2.51. The van der Waals surface area contributed by atoms with Gasteiger partial charge in [-0.1, -0.05) is 6.07 Å². The summed E-state index contributed by atoms with van der Waals surface area (Å²) in [6.45, 7) is 4.36. The summed E-state index contributed by atoms with van der Waals surface area (Å²) < 4.78 is 26.0. The summed E-state index contributed by atoms with van der Waals surface area (Å²) in [6.07, 6.45) is -0.0139. The summed E-state index contributed by atoms with van der Waals surface area (Å²) in [4.78, 5) is 0.323. The van der Waals surface area contributed by atoms with E-state index in [0.717, 1.165) is 11.1 Å². The standard InChI is InChI=1S/C12H17NO3S/c1-9-5-10(2)7-12(6-9)17(15,16)13-4-3-11(14)8-13/h5-7,11,14H,3-4,8H2,1-2H3/t11-/m1/s1. The maximum Gasteiger partial charge on any atom is 0.243 e. The Bertz CT molecular complexity index is 504. The molecule has 1 heterocycles. The molecule has 17 heavy (non-hydrogen) atoms. The molecule has 1 aliphatic heterocycles. The molecule has 1 aliphatic rings. The molecule has 0 aliphatic carbocycles. The minimum absolute atomic E-state index is 0.204. The van der Waals surface area contributed by atoms with Gasteiger partial charge in [-0.3, -0.25) is 0 Å². The van der Waals surface area contributed by atoms with Crippen molar-refractivity contribution >= 4 is 10.0 Å². The van der Waals surface area contributed by atoms with Gasteiger partial charge in [0, 0.05) is 13.1 Å². The second kappa shape index (κ2) is 4.40. The van der Waals surface area contributed by atoms with Gasteiger partial charge < -0.3 is 5.11 Å². The number of nitrogens with zero attached hydrogens (tertiary/aromatic N) is 1. The van der Waals surface area contributed by atoms with Crippen LogP contribution >= 0.6 is 0 Å². The number of aryl methyl sites for hydroxylation is 2. The summed E-state index contributed by atoms with van der Waals surface area (Å²) in [6, 6.07) is 5.29. The van der Waals surface area contributed by atoms with Crippen molar-refractivity contribution in [1.82, 2.24) is 4.31 Å². The number of sulfonamides is 1. The fraction of sp³-hybridized carbons (Fsp3) is 0.500. The fourth-order valence-electron chi connectivity index (χ4n) is 2.16. The predicted molar refractivity (Wildman–Crippen MR) is 65.3 cm³/mol. The lowest BCUT2D eigenvalue weighted by atomic mass is 10.2. The van der Waals surface area contributed by atoms with E-state index in [2.05, 4.69) is 0 Å². The molecule has 0 saturated carbocycles. The van der Waals surface area contributed by atoms with Crippen molar-refractivity contribution in [2.24, 2.45) is 0 Å². The molecule has 1 saturated heterocycles. The molecule has 2 rings (SSSR count). The SMILES string of the molecule is Cc1cc(C)cc(S(=O)(=O)N2CC[C@@H](O)C2)c1. The molecule has 1 atom stereocenters. The highest BCUT2D eigenvalue weighted by Crippen LogP contribution is 2.22. The van der Waals surface area contributed by atoms with E-state index in [0.29, 0.717) is 17.9 Å². The normalized spacial score (nSPS) is 21.9. The van der Waals surface area contributed by atoms with Gasteiger partial charge in [-0.25, -0.2) is 8.42 Å². The Kier molecular flexibility index (Phi) is 3.25. The minimum atomic E-state index is -3.44. The number of rotatable bonds is 2. The first-order valence-corrected chi connectivity index (χ1v) is 7.10. The van der Waals surface area contributed by atoms with Crippen molar-refractivity contribution in [3.63, 3.8) is 0 Å². The lowest BCUT2D eigenvalue weighted by Crippen LogP contribution is -2.29. The zero-order valence-electron chi connectivity index (χ0n) is 10.0. The smallest absolute Gasteiger partial charge is 0.243 e. The maximum atomic E-state index is 12.3. The van der Waals surface area contributed by atoms with Gasteiger partial charge in [-0.15, -0.1) is 0 Å². The maximum absolute atomic E-state index is 12.3. The highest BCUT2D eigenvalue weighted by Gasteiger charge is 2.31. The summed E-state index contributed by atoms with van der Waals surface area (Å²) in [5.41, 5.74) is 1.87. The van der Waals surface area contributed by atoms with Crippen LogP contribution in [0.1, 0.15) is 17.5 Å². The molecule has 0 spiro atoms. The molecule has 0 bridgehead atoms. The largest absolute Gasteiger partial charge is 0.392 e. The van der Waals surface area contributed by atoms with E-state index in [1.54, 1.807) is 12.1 Å². The van der Waals surface area contributed by atoms with Gasteiger partial charge in [-0.2, -0.15) is 4.31 Å². The van der Waals surface area contributed by atoms with Crippen molar-refractivity contribution in [2.75, 3.05) is 13.1 Å². The van der Waals surface area contributed by atoms with E-state index >= 15 is 0 Å². The predicted octanol–water partition coefficient (Wildman–Crippen LogP) is 1.06. The average molecular weight is 255 g/mol. The van der Waals surface area contributed by atoms with Gasteiger partial charge in [0.2, 0.25) is 10.0 Å². The van der Waals surface area contributed by atoms with E-state index in [1.807, 2.05) is 19.9 Å². The quantitative estimate of drug-likeness (QED) is 0.859. The molecule has 0 amide bonds. The van der Waals surface area contributed by atoms with E-state index < -0.39 is 16.1 Å². The summed E-state index contributed by atoms with van der Waals surface area (Å²) >= 11 is 0. The van der Waals surface area contributed by atoms with Crippen LogP contribution in [0.2, 0.25) is 0 Å². The average Bonchev–Trinajstić information content (AvgIpc) is 2.64. The van der Waals surface area contributed by atoms with Gasteiger partial charge in [0.1, 0.15) is 0 Å². The lowest BCUT2D eigenvalue weighted by Gasteiger charge is -2.16. The number of β-amino-alcohol motifs (C(OH)–C–C–N with tert-alkyl or cyclic N) is 1. The first kappa shape index (κ1) is 12.5. The minimum Gasteiger partial charge on any atom is -0.392 e. The van der Waals surface area contributed by atoms with Crippen LogP contribution < -0.4 is 0 Å². The van der Waals surface area contributed by atoms with E-state index in [1.165, 1.54) is 4.31 Å². The Morgan fingerprint density at radius 1 is 1.24 bits per heavy atom. The molecule has 4 nitrogen and oxygen atoms in total. The van der Waals surface area contributed by atoms with Gasteiger partial charge in [-0.05, 0) is 43.5 Å². The first-order chi connectivity index (χ1) is 7.89. The van der Waals surface area contributed by atoms with Crippen molar-refractivity contribution in [3.05, 3.63) is 29.3 Å². The Balaban J connectivity index is 2.38. The topological polar surface area (TPSA) is 57.6 Å². The number of hydrogen-bond donors (Lipinski definition) is 1. The third-order valence-electron chi connectivity index (χ3n) is 2.96. The molecule has 1 aromatic carbocycles. The number of aliphatic hydroxyl groups excluding tert-OH is 1. The Labute approximate surface area is 102 Å². The Morgan fingerprint density at radius 3 is 2.29 bits per heavy atom. The number of hydrogen-bond acceptors (Lipinski definition) is 3. The molecule has 1 aromatic rings. The zero-order valence-corrected chi connectivity index (χ0v) is 10.9. The van der Waals surface area contributed by atoms with Crippen molar-refractivity contribution in [2.45, 2.75) is 31.3 Å². The summed E-state index contributed by atoms with van der Waals surface area (Å²) in [5.74, 6) is 0. The Morgan fingerprint density at radius 2 is 1.82 bits per heavy atom. The Hall–Kier alpha value is -0.910. The van der Waals surface area contributed by atoms with Crippen LogP contribution in [0.4, 0.5) is 0 Å². The molecular formula is C12H17NO3S. The van der Waals surface area contributed by atoms with Gasteiger partial charge in [0.25, 0.3) is 0 Å². The van der Waals surface area contributed by atoms with Crippen LogP contribution in [0.3, 0.4) is 0 Å². The lowest BCUT2D eigenvalue weighted by molar-refractivity contribution is 0.189. The van der Waals surface area contributed by atoms with Crippen molar-refractivity contribution in [1.29, 1.82) is 0 Å². The second-order valence-electron chi connectivity index (χ2n) is 4.63. The van der Waals surface area contributed by atoms with Gasteiger partial charge in [0.05, 0.1) is 11.0 Å². The zero-order chi connectivity index (χ0) is 12.6. The molecule has 1 fully saturated rings. The summed E-state index contributed by atoms with van der Waals surface area (Å²) in [5, 5.41) is 9.41. The first-order valence-electron chi connectivity index (χ1n) is 5.66. The molecular weight excluding hydrogens is 238 g/mol. The second-order valence-corrected chi connectivity index (χ2v) is 6.57. The molecule has 5 heteroatoms. The van der Waals surface area contributed by atoms with E-state index in [9.17, 15) is 13.5 Å². The van der Waals surface area contributed by atoms with Crippen molar-refractivity contribution < 1.29 is 13.5 Å². The van der Waals surface area contributed by atoms with Crippen LogP contribution in [0.15, 0.2) is 23.1 Å². The van der Waals surface area contributed by atoms with E-state index in [-0.39, 0.29) is 6.54 Å². The van der Waals surface area contributed by atoms with Crippen LogP contribution in [0.5, 0.6) is 0 Å². The van der Waals surface area contributed by atoms with Crippen LogP contribution in [0, 0.1) is 13.8 Å². The van der Waals surface area contributed by atoms with Crippen LogP contribution in [0.25, 0.3) is 0 Å². The van der Waals surface area contributed by atoms with Crippen molar-refractivity contribution in [3.8, 4) is 0 Å². The summed E-state index contributed by atoms with van der Waals surface area (Å²) in [7, 11) is -3.44. The molecule has 0 aromatic heterocycles. The molecule has 94 valence electrons. The molecule has 0 unspecified atom stereocenters. The highest BCUT2D eigenvalue weighted by molar-refractivity contribution is 7.89. The fourth-order valence-corrected chi connectivity index (χ4v) is 3.84. The highest BCUT2D eigenvalue weighted by atomic mass is 32.2. The molecule has 1 N–H and O–H groups in total. The monoisotopic (exact) mass is 255 g/mol.